The van der Waals surface area contributed by atoms with E-state index in [4.69, 9.17) is 5.73 Å². The molecule has 5 nitrogen and oxygen atoms in total. The lowest BCUT2D eigenvalue weighted by molar-refractivity contribution is -0.126. The summed E-state index contributed by atoms with van der Waals surface area (Å²) in [5.41, 5.74) is 5.90. The lowest BCUT2D eigenvalue weighted by atomic mass is 9.98. The van der Waals surface area contributed by atoms with Gasteiger partial charge < -0.3 is 15.8 Å². The van der Waals surface area contributed by atoms with Crippen LogP contribution in [0.25, 0.3) is 6.08 Å². The first kappa shape index (κ1) is 18.6. The molecule has 126 valence electrons. The Morgan fingerprint density at radius 3 is 2.39 bits per heavy atom. The molecule has 0 heterocycles. The first-order valence-electron chi connectivity index (χ1n) is 7.16. The van der Waals surface area contributed by atoms with Crippen LogP contribution >= 0.6 is 0 Å². The molecule has 2 atom stereocenters. The minimum Gasteiger partial charge on any atom is -0.435 e. The largest absolute Gasteiger partial charge is 0.435 e. The molecular formula is C16H20F2N2O3. The second kappa shape index (κ2) is 8.87. The van der Waals surface area contributed by atoms with Crippen LogP contribution in [0.5, 0.6) is 5.75 Å². The highest BCUT2D eigenvalue weighted by Crippen LogP contribution is 2.15. The first-order valence-corrected chi connectivity index (χ1v) is 7.16. The topological polar surface area (TPSA) is 81.4 Å². The number of hydrogen-bond donors (Lipinski definition) is 2. The molecule has 0 fully saturated rings. The van der Waals surface area contributed by atoms with Gasteiger partial charge in [-0.15, -0.1) is 0 Å². The van der Waals surface area contributed by atoms with Gasteiger partial charge in [-0.2, -0.15) is 8.78 Å². The molecule has 0 aromatic heterocycles. The SMILES string of the molecule is CCC(C)C(NC(=O)C=Cc1ccc(OC(F)F)cc1)C(N)=O. The Balaban J connectivity index is 2.65. The molecule has 0 radical (unpaired) electrons. The number of nitrogens with one attached hydrogen (secondary N) is 1. The van der Waals surface area contributed by atoms with Crippen LogP contribution in [0.2, 0.25) is 0 Å². The monoisotopic (exact) mass is 326 g/mol. The van der Waals surface area contributed by atoms with Gasteiger partial charge in [-0.05, 0) is 29.7 Å². The Labute approximate surface area is 133 Å². The lowest BCUT2D eigenvalue weighted by Gasteiger charge is -2.20. The minimum atomic E-state index is -2.88. The van der Waals surface area contributed by atoms with E-state index in [2.05, 4.69) is 10.1 Å². The molecule has 2 amide bonds. The van der Waals surface area contributed by atoms with E-state index in [-0.39, 0.29) is 11.7 Å². The summed E-state index contributed by atoms with van der Waals surface area (Å²) in [4.78, 5) is 23.2. The van der Waals surface area contributed by atoms with Crippen molar-refractivity contribution in [2.75, 3.05) is 0 Å². The molecule has 0 bridgehead atoms. The van der Waals surface area contributed by atoms with Crippen molar-refractivity contribution in [3.8, 4) is 5.75 Å². The average Bonchev–Trinajstić information content (AvgIpc) is 2.50. The van der Waals surface area contributed by atoms with Gasteiger partial charge in [0.1, 0.15) is 11.8 Å². The standard InChI is InChI=1S/C16H20F2N2O3/c1-3-10(2)14(15(19)22)20-13(21)9-6-11-4-7-12(8-5-11)23-16(17)18/h4-10,14,16H,3H2,1-2H3,(H2,19,22)(H,20,21). The van der Waals surface area contributed by atoms with E-state index >= 15 is 0 Å². The Hall–Kier alpha value is -2.44. The number of nitrogens with two attached hydrogens (primary N) is 1. The molecule has 3 N–H and O–H groups in total. The van der Waals surface area contributed by atoms with Gasteiger partial charge in [-0.3, -0.25) is 9.59 Å². The summed E-state index contributed by atoms with van der Waals surface area (Å²) in [6.07, 6.45) is 3.45. The predicted octanol–water partition coefficient (Wildman–Crippen LogP) is 2.32. The summed E-state index contributed by atoms with van der Waals surface area (Å²) in [5.74, 6) is -1.08. The van der Waals surface area contributed by atoms with E-state index in [0.29, 0.717) is 12.0 Å². The highest BCUT2D eigenvalue weighted by atomic mass is 19.3. The quantitative estimate of drug-likeness (QED) is 0.719. The fraction of sp³-hybridized carbons (Fsp3) is 0.375. The van der Waals surface area contributed by atoms with Crippen molar-refractivity contribution in [1.82, 2.24) is 5.32 Å². The maximum Gasteiger partial charge on any atom is 0.387 e. The Morgan fingerprint density at radius 1 is 1.30 bits per heavy atom. The third kappa shape index (κ3) is 6.46. The normalized spacial score (nSPS) is 13.8. The van der Waals surface area contributed by atoms with Crippen molar-refractivity contribution in [3.05, 3.63) is 35.9 Å². The summed E-state index contributed by atoms with van der Waals surface area (Å²) >= 11 is 0. The molecule has 0 aliphatic rings. The first-order chi connectivity index (χ1) is 10.8. The van der Waals surface area contributed by atoms with E-state index < -0.39 is 24.5 Å². The van der Waals surface area contributed by atoms with Crippen molar-refractivity contribution in [3.63, 3.8) is 0 Å². The summed E-state index contributed by atoms with van der Waals surface area (Å²) < 4.78 is 28.3. The Kier molecular flexibility index (Phi) is 7.18. The number of carbonyl (C=O) groups excluding carboxylic acids is 2. The zero-order valence-corrected chi connectivity index (χ0v) is 13.0. The molecule has 2 unspecified atom stereocenters. The molecule has 0 aliphatic heterocycles. The fourth-order valence-electron chi connectivity index (χ4n) is 1.86. The molecule has 7 heteroatoms. The maximum atomic E-state index is 12.0. The summed E-state index contributed by atoms with van der Waals surface area (Å²) in [6.45, 7) is 0.834. The predicted molar refractivity (Wildman–Crippen MR) is 82.7 cm³/mol. The number of primary amides is 1. The third-order valence-corrected chi connectivity index (χ3v) is 3.35. The van der Waals surface area contributed by atoms with Crippen LogP contribution in [0.3, 0.4) is 0 Å². The molecule has 1 aromatic carbocycles. The summed E-state index contributed by atoms with van der Waals surface area (Å²) in [7, 11) is 0. The summed E-state index contributed by atoms with van der Waals surface area (Å²) in [6, 6.07) is 5.06. The van der Waals surface area contributed by atoms with Crippen LogP contribution in [0, 0.1) is 5.92 Å². The minimum absolute atomic E-state index is 0.0344. The molecule has 1 rings (SSSR count). The zero-order chi connectivity index (χ0) is 17.4. The molecular weight excluding hydrogens is 306 g/mol. The van der Waals surface area contributed by atoms with Crippen LogP contribution in [0.4, 0.5) is 8.78 Å². The molecule has 0 aliphatic carbocycles. The third-order valence-electron chi connectivity index (χ3n) is 3.35. The maximum absolute atomic E-state index is 12.0. The fourth-order valence-corrected chi connectivity index (χ4v) is 1.86. The second-order valence-corrected chi connectivity index (χ2v) is 5.06. The molecule has 0 saturated heterocycles. The van der Waals surface area contributed by atoms with Crippen molar-refractivity contribution < 1.29 is 23.1 Å². The highest BCUT2D eigenvalue weighted by molar-refractivity contribution is 5.95. The number of benzene rings is 1. The molecule has 23 heavy (non-hydrogen) atoms. The second-order valence-electron chi connectivity index (χ2n) is 5.06. The van der Waals surface area contributed by atoms with Crippen LogP contribution < -0.4 is 15.8 Å². The number of rotatable bonds is 8. The van der Waals surface area contributed by atoms with E-state index in [1.165, 1.54) is 36.4 Å². The van der Waals surface area contributed by atoms with Gasteiger partial charge in [0.15, 0.2) is 0 Å². The lowest BCUT2D eigenvalue weighted by Crippen LogP contribution is -2.47. The van der Waals surface area contributed by atoms with E-state index in [9.17, 15) is 18.4 Å². The van der Waals surface area contributed by atoms with Crippen molar-refractivity contribution >= 4 is 17.9 Å². The van der Waals surface area contributed by atoms with Gasteiger partial charge in [0.25, 0.3) is 0 Å². The number of halogens is 2. The van der Waals surface area contributed by atoms with Crippen molar-refractivity contribution in [1.29, 1.82) is 0 Å². The van der Waals surface area contributed by atoms with Crippen LogP contribution in [0.15, 0.2) is 30.3 Å². The van der Waals surface area contributed by atoms with E-state index in [1.807, 2.05) is 13.8 Å². The number of carbonyl (C=O) groups is 2. The number of hydrogen-bond acceptors (Lipinski definition) is 3. The highest BCUT2D eigenvalue weighted by Gasteiger charge is 2.22. The molecule has 1 aromatic rings. The number of alkyl halides is 2. The van der Waals surface area contributed by atoms with Crippen LogP contribution in [0.1, 0.15) is 25.8 Å². The van der Waals surface area contributed by atoms with Gasteiger partial charge >= 0.3 is 6.61 Å². The summed E-state index contributed by atoms with van der Waals surface area (Å²) in [5, 5.41) is 2.55. The molecule has 0 saturated carbocycles. The van der Waals surface area contributed by atoms with Crippen LogP contribution in [-0.2, 0) is 9.59 Å². The average molecular weight is 326 g/mol. The Bertz CT molecular complexity index is 559. The van der Waals surface area contributed by atoms with Gasteiger partial charge in [-0.25, -0.2) is 0 Å². The van der Waals surface area contributed by atoms with Gasteiger partial charge in [0.2, 0.25) is 11.8 Å². The molecule has 0 spiro atoms. The zero-order valence-electron chi connectivity index (χ0n) is 13.0. The number of ether oxygens (including phenoxy) is 1. The van der Waals surface area contributed by atoms with Crippen molar-refractivity contribution in [2.24, 2.45) is 11.7 Å². The van der Waals surface area contributed by atoms with Gasteiger partial charge in [0.05, 0.1) is 0 Å². The Morgan fingerprint density at radius 2 is 1.91 bits per heavy atom. The van der Waals surface area contributed by atoms with Crippen LogP contribution in [-0.4, -0.2) is 24.5 Å². The van der Waals surface area contributed by atoms with Gasteiger partial charge in [-0.1, -0.05) is 32.4 Å². The number of amides is 2. The smallest absolute Gasteiger partial charge is 0.387 e. The van der Waals surface area contributed by atoms with E-state index in [1.54, 1.807) is 0 Å². The van der Waals surface area contributed by atoms with Crippen molar-refractivity contribution in [2.45, 2.75) is 32.9 Å². The van der Waals surface area contributed by atoms with Gasteiger partial charge in [0, 0.05) is 6.08 Å². The van der Waals surface area contributed by atoms with E-state index in [0.717, 1.165) is 0 Å².